The van der Waals surface area contributed by atoms with E-state index in [1.54, 1.807) is 31.5 Å². The molecule has 136 valence electrons. The number of rotatable bonds is 5. The van der Waals surface area contributed by atoms with Crippen LogP contribution in [-0.2, 0) is 12.8 Å². The lowest BCUT2D eigenvalue weighted by atomic mass is 10.1. The topological polar surface area (TPSA) is 52.8 Å². The minimum Gasteiger partial charge on any atom is -0.496 e. The fraction of sp³-hybridized carbons (Fsp3) is 0.150. The molecule has 0 atom stereocenters. The fourth-order valence-electron chi connectivity index (χ4n) is 2.96. The van der Waals surface area contributed by atoms with Crippen molar-refractivity contribution < 1.29 is 9.13 Å². The standard InChI is InChI=1S/C20H17FN4OS/c1-25-19(15-6-3-4-8-17(15)26-2)23-24-20(25)27-12-13-9-10-16(21)14-7-5-11-22-18(13)14/h3-11H,12H2,1-2H3. The van der Waals surface area contributed by atoms with Crippen molar-refractivity contribution in [1.29, 1.82) is 0 Å². The molecule has 0 spiro atoms. The van der Waals surface area contributed by atoms with Gasteiger partial charge in [0.05, 0.1) is 18.2 Å². The van der Waals surface area contributed by atoms with Gasteiger partial charge in [-0.05, 0) is 35.9 Å². The Morgan fingerprint density at radius 2 is 1.93 bits per heavy atom. The second-order valence-electron chi connectivity index (χ2n) is 5.96. The number of para-hydroxylation sites is 1. The fourth-order valence-corrected chi connectivity index (χ4v) is 3.86. The van der Waals surface area contributed by atoms with E-state index >= 15 is 0 Å². The summed E-state index contributed by atoms with van der Waals surface area (Å²) in [4.78, 5) is 4.34. The molecule has 4 aromatic rings. The van der Waals surface area contributed by atoms with Gasteiger partial charge in [-0.15, -0.1) is 10.2 Å². The van der Waals surface area contributed by atoms with Crippen LogP contribution in [0, 0.1) is 5.82 Å². The van der Waals surface area contributed by atoms with Crippen molar-refractivity contribution in [2.24, 2.45) is 7.05 Å². The van der Waals surface area contributed by atoms with Crippen molar-refractivity contribution in [3.8, 4) is 17.1 Å². The number of pyridine rings is 1. The number of hydrogen-bond acceptors (Lipinski definition) is 5. The summed E-state index contributed by atoms with van der Waals surface area (Å²) in [7, 11) is 3.56. The number of benzene rings is 2. The summed E-state index contributed by atoms with van der Waals surface area (Å²) in [5.74, 6) is 1.84. The lowest BCUT2D eigenvalue weighted by Gasteiger charge is -2.09. The van der Waals surface area contributed by atoms with E-state index in [1.165, 1.54) is 17.8 Å². The molecule has 0 radical (unpaired) electrons. The third kappa shape index (κ3) is 3.26. The van der Waals surface area contributed by atoms with E-state index in [1.807, 2.05) is 35.9 Å². The van der Waals surface area contributed by atoms with Crippen molar-refractivity contribution in [2.45, 2.75) is 10.9 Å². The molecule has 2 aromatic heterocycles. The smallest absolute Gasteiger partial charge is 0.191 e. The van der Waals surface area contributed by atoms with Gasteiger partial charge in [-0.3, -0.25) is 4.98 Å². The Balaban J connectivity index is 1.62. The Hall–Kier alpha value is -2.93. The van der Waals surface area contributed by atoms with E-state index in [-0.39, 0.29) is 5.82 Å². The predicted octanol–water partition coefficient (Wildman–Crippen LogP) is 4.47. The van der Waals surface area contributed by atoms with E-state index in [9.17, 15) is 4.39 Å². The van der Waals surface area contributed by atoms with Gasteiger partial charge in [-0.2, -0.15) is 0 Å². The van der Waals surface area contributed by atoms with E-state index in [4.69, 9.17) is 4.74 Å². The number of thioether (sulfide) groups is 1. The van der Waals surface area contributed by atoms with E-state index in [0.29, 0.717) is 16.7 Å². The maximum atomic E-state index is 14.0. The first kappa shape index (κ1) is 17.5. The van der Waals surface area contributed by atoms with Crippen molar-refractivity contribution in [1.82, 2.24) is 19.7 Å². The van der Waals surface area contributed by atoms with Gasteiger partial charge in [0.2, 0.25) is 0 Å². The average molecular weight is 380 g/mol. The normalized spacial score (nSPS) is 11.1. The van der Waals surface area contributed by atoms with E-state index < -0.39 is 0 Å². The molecule has 0 unspecified atom stereocenters. The Kier molecular flexibility index (Phi) is 4.77. The van der Waals surface area contributed by atoms with Crippen LogP contribution in [0.15, 0.2) is 59.9 Å². The Morgan fingerprint density at radius 3 is 2.78 bits per heavy atom. The van der Waals surface area contributed by atoms with E-state index in [0.717, 1.165) is 27.9 Å². The number of halogens is 1. The van der Waals surface area contributed by atoms with Gasteiger partial charge in [0.1, 0.15) is 11.6 Å². The van der Waals surface area contributed by atoms with Crippen molar-refractivity contribution in [3.05, 3.63) is 66.1 Å². The molecule has 0 saturated heterocycles. The summed E-state index contributed by atoms with van der Waals surface area (Å²) < 4.78 is 21.3. The zero-order chi connectivity index (χ0) is 18.8. The quantitative estimate of drug-likeness (QED) is 0.478. The van der Waals surface area contributed by atoms with Crippen LogP contribution >= 0.6 is 11.8 Å². The first-order chi connectivity index (χ1) is 13.2. The highest BCUT2D eigenvalue weighted by atomic mass is 32.2. The molecule has 7 heteroatoms. The largest absolute Gasteiger partial charge is 0.496 e. The van der Waals surface area contributed by atoms with Crippen LogP contribution in [0.2, 0.25) is 0 Å². The maximum absolute atomic E-state index is 14.0. The number of fused-ring (bicyclic) bond motifs is 1. The molecule has 0 saturated carbocycles. The number of ether oxygens (including phenoxy) is 1. The molecule has 27 heavy (non-hydrogen) atoms. The molecular formula is C20H17FN4OS. The first-order valence-corrected chi connectivity index (χ1v) is 9.35. The van der Waals surface area contributed by atoms with Crippen LogP contribution in [0.3, 0.4) is 0 Å². The second-order valence-corrected chi connectivity index (χ2v) is 6.90. The number of hydrogen-bond donors (Lipinski definition) is 0. The van der Waals surface area contributed by atoms with Gasteiger partial charge in [0, 0.05) is 24.4 Å². The summed E-state index contributed by atoms with van der Waals surface area (Å²) in [5.41, 5.74) is 2.52. The van der Waals surface area contributed by atoms with E-state index in [2.05, 4.69) is 15.2 Å². The minimum absolute atomic E-state index is 0.260. The second kappa shape index (κ2) is 7.36. The Labute approximate surface area is 160 Å². The van der Waals surface area contributed by atoms with Crippen LogP contribution in [-0.4, -0.2) is 26.9 Å². The summed E-state index contributed by atoms with van der Waals surface area (Å²) in [5, 5.41) is 9.92. The van der Waals surface area contributed by atoms with Crippen molar-refractivity contribution in [2.75, 3.05) is 7.11 Å². The Morgan fingerprint density at radius 1 is 1.07 bits per heavy atom. The summed E-state index contributed by atoms with van der Waals surface area (Å²) in [6, 6.07) is 14.4. The number of aromatic nitrogens is 4. The summed E-state index contributed by atoms with van der Waals surface area (Å²) in [6.07, 6.45) is 1.68. The number of methoxy groups -OCH3 is 1. The molecule has 5 nitrogen and oxygen atoms in total. The third-order valence-electron chi connectivity index (χ3n) is 4.34. The first-order valence-electron chi connectivity index (χ1n) is 8.36. The van der Waals surface area contributed by atoms with Crippen LogP contribution in [0.25, 0.3) is 22.3 Å². The highest BCUT2D eigenvalue weighted by Crippen LogP contribution is 2.31. The predicted molar refractivity (Wildman–Crippen MR) is 104 cm³/mol. The number of nitrogens with zero attached hydrogens (tertiary/aromatic N) is 4. The zero-order valence-corrected chi connectivity index (χ0v) is 15.7. The molecule has 2 aromatic carbocycles. The van der Waals surface area contributed by atoms with Crippen LogP contribution in [0.5, 0.6) is 5.75 Å². The molecule has 4 rings (SSSR count). The van der Waals surface area contributed by atoms with Gasteiger partial charge in [-0.1, -0.05) is 30.0 Å². The van der Waals surface area contributed by atoms with Crippen LogP contribution < -0.4 is 4.74 Å². The zero-order valence-electron chi connectivity index (χ0n) is 14.9. The highest BCUT2D eigenvalue weighted by Gasteiger charge is 2.15. The lowest BCUT2D eigenvalue weighted by Crippen LogP contribution is -1.97. The molecule has 2 heterocycles. The molecule has 0 aliphatic rings. The van der Waals surface area contributed by atoms with Crippen LogP contribution in [0.4, 0.5) is 4.39 Å². The lowest BCUT2D eigenvalue weighted by molar-refractivity contribution is 0.416. The van der Waals surface area contributed by atoms with Crippen molar-refractivity contribution in [3.63, 3.8) is 0 Å². The summed E-state index contributed by atoms with van der Waals surface area (Å²) in [6.45, 7) is 0. The molecule has 0 amide bonds. The maximum Gasteiger partial charge on any atom is 0.191 e. The van der Waals surface area contributed by atoms with Gasteiger partial charge < -0.3 is 9.30 Å². The van der Waals surface area contributed by atoms with Gasteiger partial charge in [0.25, 0.3) is 0 Å². The SMILES string of the molecule is COc1ccccc1-c1nnc(SCc2ccc(F)c3cccnc23)n1C. The minimum atomic E-state index is -0.260. The van der Waals surface area contributed by atoms with Crippen molar-refractivity contribution >= 4 is 22.7 Å². The van der Waals surface area contributed by atoms with Crippen LogP contribution in [0.1, 0.15) is 5.56 Å². The molecule has 0 N–H and O–H groups in total. The molecule has 0 fully saturated rings. The average Bonchev–Trinajstić information content (AvgIpc) is 3.08. The Bertz CT molecular complexity index is 1110. The van der Waals surface area contributed by atoms with Gasteiger partial charge in [-0.25, -0.2) is 4.39 Å². The molecular weight excluding hydrogens is 363 g/mol. The summed E-state index contributed by atoms with van der Waals surface area (Å²) >= 11 is 1.54. The molecule has 0 aliphatic carbocycles. The molecule has 0 aliphatic heterocycles. The van der Waals surface area contributed by atoms with Gasteiger partial charge >= 0.3 is 0 Å². The third-order valence-corrected chi connectivity index (χ3v) is 5.41. The van der Waals surface area contributed by atoms with Gasteiger partial charge in [0.15, 0.2) is 11.0 Å². The molecule has 0 bridgehead atoms. The monoisotopic (exact) mass is 380 g/mol. The highest BCUT2D eigenvalue weighted by molar-refractivity contribution is 7.98.